The molecule has 0 amide bonds. The Kier molecular flexibility index (Phi) is 11.1. The summed E-state index contributed by atoms with van der Waals surface area (Å²) in [7, 11) is 1.74. The van der Waals surface area contributed by atoms with Gasteiger partial charge in [0.15, 0.2) is 5.96 Å². The van der Waals surface area contributed by atoms with Crippen molar-refractivity contribution in [3.63, 3.8) is 0 Å². The molecular formula is C22H36IN7O. The van der Waals surface area contributed by atoms with E-state index >= 15 is 0 Å². The number of hydrogen-bond acceptors (Lipinski definition) is 5. The summed E-state index contributed by atoms with van der Waals surface area (Å²) in [5.41, 5.74) is 1.21. The lowest BCUT2D eigenvalue weighted by Crippen LogP contribution is -2.40. The molecule has 2 N–H and O–H groups in total. The molecule has 0 radical (unpaired) electrons. The fourth-order valence-electron chi connectivity index (χ4n) is 3.96. The van der Waals surface area contributed by atoms with Gasteiger partial charge in [-0.15, -0.1) is 34.2 Å². The molecule has 1 atom stereocenters. The van der Waals surface area contributed by atoms with Crippen molar-refractivity contribution in [2.75, 3.05) is 39.8 Å². The number of methoxy groups -OCH3 is 1. The van der Waals surface area contributed by atoms with Crippen molar-refractivity contribution in [1.82, 2.24) is 30.3 Å². The van der Waals surface area contributed by atoms with E-state index in [1.165, 1.54) is 18.4 Å². The van der Waals surface area contributed by atoms with E-state index in [0.717, 1.165) is 56.7 Å². The van der Waals surface area contributed by atoms with Crippen LogP contribution >= 0.6 is 24.0 Å². The van der Waals surface area contributed by atoms with Gasteiger partial charge in [0.05, 0.1) is 19.7 Å². The number of ether oxygens (including phenoxy) is 1. The van der Waals surface area contributed by atoms with Gasteiger partial charge in [-0.05, 0) is 38.9 Å². The van der Waals surface area contributed by atoms with Crippen molar-refractivity contribution in [3.05, 3.63) is 42.0 Å². The molecule has 3 rings (SSSR count). The molecule has 0 saturated carbocycles. The maximum absolute atomic E-state index is 5.65. The largest absolute Gasteiger partial charge is 0.496 e. The summed E-state index contributed by atoms with van der Waals surface area (Å²) >= 11 is 0. The first kappa shape index (κ1) is 25.4. The van der Waals surface area contributed by atoms with Crippen LogP contribution in [0.2, 0.25) is 0 Å². The second kappa shape index (κ2) is 13.5. The van der Waals surface area contributed by atoms with Crippen LogP contribution in [-0.2, 0) is 13.0 Å². The number of rotatable bonds is 10. The van der Waals surface area contributed by atoms with Gasteiger partial charge in [-0.1, -0.05) is 25.1 Å². The Bertz CT molecular complexity index is 805. The molecule has 1 aromatic heterocycles. The molecule has 2 heterocycles. The third-order valence-corrected chi connectivity index (χ3v) is 5.50. The summed E-state index contributed by atoms with van der Waals surface area (Å²) in [6.45, 7) is 9.47. The van der Waals surface area contributed by atoms with Crippen molar-refractivity contribution in [2.45, 2.75) is 45.7 Å². The molecule has 1 aliphatic heterocycles. The third kappa shape index (κ3) is 7.06. The summed E-state index contributed by atoms with van der Waals surface area (Å²) in [5.74, 6) is 2.77. The van der Waals surface area contributed by atoms with E-state index in [1.54, 1.807) is 13.4 Å². The molecule has 0 aliphatic carbocycles. The zero-order valence-electron chi connectivity index (χ0n) is 18.9. The van der Waals surface area contributed by atoms with Gasteiger partial charge in [0, 0.05) is 31.6 Å². The maximum Gasteiger partial charge on any atom is 0.191 e. The average molecular weight is 541 g/mol. The Hall–Kier alpha value is -1.88. The number of para-hydroxylation sites is 1. The highest BCUT2D eigenvalue weighted by atomic mass is 127. The first-order chi connectivity index (χ1) is 14.8. The molecule has 2 aromatic rings. The highest BCUT2D eigenvalue weighted by molar-refractivity contribution is 14.0. The normalized spacial score (nSPS) is 15.4. The molecule has 8 nitrogen and oxygen atoms in total. The maximum atomic E-state index is 5.65. The van der Waals surface area contributed by atoms with Gasteiger partial charge in [-0.2, -0.15) is 0 Å². The molecule has 0 bridgehead atoms. The van der Waals surface area contributed by atoms with E-state index in [9.17, 15) is 0 Å². The number of nitrogens with one attached hydrogen (secondary N) is 2. The van der Waals surface area contributed by atoms with E-state index in [0.29, 0.717) is 6.54 Å². The lowest BCUT2D eigenvalue weighted by atomic mass is 10.0. The first-order valence-electron chi connectivity index (χ1n) is 11.0. The highest BCUT2D eigenvalue weighted by Crippen LogP contribution is 2.31. The number of aryl methyl sites for hydroxylation is 1. The van der Waals surface area contributed by atoms with E-state index in [4.69, 9.17) is 9.73 Å². The van der Waals surface area contributed by atoms with E-state index < -0.39 is 0 Å². The number of aliphatic imine (C=N–C) groups is 1. The number of benzene rings is 1. The van der Waals surface area contributed by atoms with Crippen LogP contribution in [0.15, 0.2) is 35.6 Å². The van der Waals surface area contributed by atoms with E-state index in [-0.39, 0.29) is 30.0 Å². The highest BCUT2D eigenvalue weighted by Gasteiger charge is 2.25. The summed E-state index contributed by atoms with van der Waals surface area (Å²) in [4.78, 5) is 7.45. The molecule has 1 aliphatic rings. The third-order valence-electron chi connectivity index (χ3n) is 5.50. The SMILES string of the molecule is CCNC(=NCC(c1ccccc1OC)N1CCCC1)NCCn1cnnc1CC.I. The van der Waals surface area contributed by atoms with Gasteiger partial charge in [-0.25, -0.2) is 0 Å². The smallest absolute Gasteiger partial charge is 0.191 e. The van der Waals surface area contributed by atoms with Crippen LogP contribution in [-0.4, -0.2) is 65.5 Å². The number of hydrogen-bond donors (Lipinski definition) is 2. The second-order valence-corrected chi connectivity index (χ2v) is 7.44. The van der Waals surface area contributed by atoms with E-state index in [2.05, 4.69) is 56.3 Å². The molecule has 1 aromatic carbocycles. The van der Waals surface area contributed by atoms with Gasteiger partial charge < -0.3 is 19.9 Å². The lowest BCUT2D eigenvalue weighted by molar-refractivity contribution is 0.245. The fraction of sp³-hybridized carbons (Fsp3) is 0.591. The predicted molar refractivity (Wildman–Crippen MR) is 135 cm³/mol. The second-order valence-electron chi connectivity index (χ2n) is 7.44. The first-order valence-corrected chi connectivity index (χ1v) is 11.0. The van der Waals surface area contributed by atoms with Crippen LogP contribution in [0.3, 0.4) is 0 Å². The Morgan fingerprint density at radius 2 is 1.97 bits per heavy atom. The molecule has 1 unspecified atom stereocenters. The van der Waals surface area contributed by atoms with Crippen molar-refractivity contribution in [2.24, 2.45) is 4.99 Å². The summed E-state index contributed by atoms with van der Waals surface area (Å²) in [6.07, 6.45) is 5.15. The van der Waals surface area contributed by atoms with Crippen LogP contribution in [0.4, 0.5) is 0 Å². The lowest BCUT2D eigenvalue weighted by Gasteiger charge is -2.28. The zero-order chi connectivity index (χ0) is 21.2. The quantitative estimate of drug-likeness (QED) is 0.274. The van der Waals surface area contributed by atoms with Crippen LogP contribution in [0.1, 0.15) is 44.1 Å². The van der Waals surface area contributed by atoms with Gasteiger partial charge in [0.2, 0.25) is 0 Å². The van der Waals surface area contributed by atoms with Crippen LogP contribution in [0.5, 0.6) is 5.75 Å². The topological polar surface area (TPSA) is 79.6 Å². The van der Waals surface area contributed by atoms with Gasteiger partial charge >= 0.3 is 0 Å². The molecule has 31 heavy (non-hydrogen) atoms. The summed E-state index contributed by atoms with van der Waals surface area (Å²) in [6, 6.07) is 8.52. The van der Waals surface area contributed by atoms with Gasteiger partial charge in [0.25, 0.3) is 0 Å². The predicted octanol–water partition coefficient (Wildman–Crippen LogP) is 2.86. The number of aromatic nitrogens is 3. The number of nitrogens with zero attached hydrogens (tertiary/aromatic N) is 5. The molecular weight excluding hydrogens is 505 g/mol. The minimum absolute atomic E-state index is 0. The number of guanidine groups is 1. The van der Waals surface area contributed by atoms with Crippen LogP contribution in [0.25, 0.3) is 0 Å². The Labute approximate surface area is 202 Å². The Morgan fingerprint density at radius 3 is 2.68 bits per heavy atom. The summed E-state index contributed by atoms with van der Waals surface area (Å²) < 4.78 is 7.73. The summed E-state index contributed by atoms with van der Waals surface area (Å²) in [5, 5.41) is 15.0. The van der Waals surface area contributed by atoms with Crippen molar-refractivity contribution < 1.29 is 4.74 Å². The number of halogens is 1. The zero-order valence-corrected chi connectivity index (χ0v) is 21.2. The Balaban J connectivity index is 0.00000341. The van der Waals surface area contributed by atoms with Gasteiger partial charge in [0.1, 0.15) is 17.9 Å². The van der Waals surface area contributed by atoms with Crippen molar-refractivity contribution in [3.8, 4) is 5.75 Å². The van der Waals surface area contributed by atoms with Crippen LogP contribution < -0.4 is 15.4 Å². The van der Waals surface area contributed by atoms with Crippen LogP contribution in [0, 0.1) is 0 Å². The van der Waals surface area contributed by atoms with Crippen molar-refractivity contribution in [1.29, 1.82) is 0 Å². The monoisotopic (exact) mass is 541 g/mol. The molecule has 9 heteroatoms. The molecule has 172 valence electrons. The standard InChI is InChI=1S/C22H35N7O.HI/c1-4-21-27-26-17-29(21)15-12-24-22(23-5-2)25-16-19(28-13-8-9-14-28)18-10-6-7-11-20(18)30-3;/h6-7,10-11,17,19H,4-5,8-9,12-16H2,1-3H3,(H2,23,24,25);1H. The average Bonchev–Trinajstić information content (AvgIpc) is 3.46. The van der Waals surface area contributed by atoms with Crippen molar-refractivity contribution >= 4 is 29.9 Å². The molecule has 1 fully saturated rings. The fourth-order valence-corrected chi connectivity index (χ4v) is 3.96. The minimum atomic E-state index is 0. The van der Waals surface area contributed by atoms with E-state index in [1.807, 2.05) is 12.1 Å². The van der Waals surface area contributed by atoms with Gasteiger partial charge in [-0.3, -0.25) is 9.89 Å². The molecule has 0 spiro atoms. The molecule has 1 saturated heterocycles. The minimum Gasteiger partial charge on any atom is -0.496 e. The number of likely N-dealkylation sites (tertiary alicyclic amines) is 1. The Morgan fingerprint density at radius 1 is 1.19 bits per heavy atom.